The molecule has 0 aliphatic carbocycles. The molecule has 1 amide bonds. The van der Waals surface area contributed by atoms with Crippen LogP contribution in [0.15, 0.2) is 78.2 Å². The summed E-state index contributed by atoms with van der Waals surface area (Å²) in [6.45, 7) is 2.60. The highest BCUT2D eigenvalue weighted by Crippen LogP contribution is 2.28. The number of amides is 1. The van der Waals surface area contributed by atoms with E-state index in [2.05, 4.69) is 39.6 Å². The topological polar surface area (TPSA) is 72.7 Å². The summed E-state index contributed by atoms with van der Waals surface area (Å²) in [5.41, 5.74) is 4.05. The number of rotatable bonds is 9. The van der Waals surface area contributed by atoms with Crippen molar-refractivity contribution < 1.29 is 9.18 Å². The normalized spacial score (nSPS) is 10.8. The average Bonchev–Trinajstić information content (AvgIpc) is 3.28. The third-order valence-electron chi connectivity index (χ3n) is 5.16. The van der Waals surface area contributed by atoms with Crippen LogP contribution in [0.4, 0.5) is 4.39 Å². The summed E-state index contributed by atoms with van der Waals surface area (Å²) in [6.07, 6.45) is 5.04. The van der Waals surface area contributed by atoms with Crippen molar-refractivity contribution in [2.45, 2.75) is 24.9 Å². The minimum atomic E-state index is -0.265. The fourth-order valence-corrected chi connectivity index (χ4v) is 4.13. The van der Waals surface area contributed by atoms with E-state index in [-0.39, 0.29) is 17.5 Å². The van der Waals surface area contributed by atoms with Crippen molar-refractivity contribution in [3.8, 4) is 17.1 Å². The minimum Gasteiger partial charge on any atom is -0.355 e. The van der Waals surface area contributed by atoms with Crippen LogP contribution in [0.25, 0.3) is 17.1 Å². The molecule has 168 valence electrons. The number of aryl methyl sites for hydroxylation is 1. The Morgan fingerprint density at radius 1 is 0.970 bits per heavy atom. The van der Waals surface area contributed by atoms with E-state index in [0.717, 1.165) is 23.2 Å². The molecule has 0 fully saturated rings. The standard InChI is InChI=1S/C25H24FN5OS/c1-2-18-5-9-22(10-6-18)31-24(20-12-14-27-15-13-20)29-30-25(31)33-17-23(32)28-16-11-19-3-7-21(26)8-4-19/h3-10,12-15H,2,11,16-17H2,1H3,(H,28,32). The summed E-state index contributed by atoms with van der Waals surface area (Å²) >= 11 is 1.34. The van der Waals surface area contributed by atoms with Gasteiger partial charge >= 0.3 is 0 Å². The van der Waals surface area contributed by atoms with Gasteiger partial charge in [-0.1, -0.05) is 43.0 Å². The monoisotopic (exact) mass is 461 g/mol. The first-order valence-electron chi connectivity index (χ1n) is 10.7. The number of carbonyl (C=O) groups is 1. The van der Waals surface area contributed by atoms with Crippen LogP contribution in [0.5, 0.6) is 0 Å². The third kappa shape index (κ3) is 5.84. The van der Waals surface area contributed by atoms with Crippen molar-refractivity contribution in [1.29, 1.82) is 0 Å². The Bertz CT molecular complexity index is 1190. The van der Waals surface area contributed by atoms with Gasteiger partial charge in [0.1, 0.15) is 5.82 Å². The minimum absolute atomic E-state index is 0.0940. The number of hydrogen-bond acceptors (Lipinski definition) is 5. The lowest BCUT2D eigenvalue weighted by Gasteiger charge is -2.11. The zero-order valence-electron chi connectivity index (χ0n) is 18.2. The Labute approximate surface area is 196 Å². The second-order valence-electron chi connectivity index (χ2n) is 7.41. The summed E-state index contributed by atoms with van der Waals surface area (Å²) in [5, 5.41) is 12.3. The Morgan fingerprint density at radius 2 is 1.67 bits per heavy atom. The van der Waals surface area contributed by atoms with Gasteiger partial charge in [-0.3, -0.25) is 14.3 Å². The van der Waals surface area contributed by atoms with Crippen LogP contribution < -0.4 is 5.32 Å². The molecule has 4 aromatic rings. The van der Waals surface area contributed by atoms with Crippen molar-refractivity contribution in [1.82, 2.24) is 25.1 Å². The molecule has 0 saturated heterocycles. The van der Waals surface area contributed by atoms with E-state index in [9.17, 15) is 9.18 Å². The molecule has 0 saturated carbocycles. The Balaban J connectivity index is 1.46. The molecule has 2 aromatic carbocycles. The van der Waals surface area contributed by atoms with Gasteiger partial charge in [0.25, 0.3) is 0 Å². The van der Waals surface area contributed by atoms with E-state index in [1.165, 1.54) is 29.5 Å². The molecule has 2 heterocycles. The van der Waals surface area contributed by atoms with Crippen molar-refractivity contribution in [3.05, 3.63) is 90.0 Å². The predicted molar refractivity (Wildman–Crippen MR) is 128 cm³/mol. The van der Waals surface area contributed by atoms with Gasteiger partial charge in [-0.25, -0.2) is 4.39 Å². The van der Waals surface area contributed by atoms with Gasteiger partial charge in [0.05, 0.1) is 5.75 Å². The maximum absolute atomic E-state index is 13.0. The molecule has 0 unspecified atom stereocenters. The number of carbonyl (C=O) groups excluding carboxylic acids is 1. The van der Waals surface area contributed by atoms with E-state index in [0.29, 0.717) is 23.9 Å². The summed E-state index contributed by atoms with van der Waals surface area (Å²) in [7, 11) is 0. The third-order valence-corrected chi connectivity index (χ3v) is 6.09. The van der Waals surface area contributed by atoms with Crippen LogP contribution in [0.2, 0.25) is 0 Å². The highest BCUT2D eigenvalue weighted by molar-refractivity contribution is 7.99. The summed E-state index contributed by atoms with van der Waals surface area (Å²) in [4.78, 5) is 16.5. The lowest BCUT2D eigenvalue weighted by atomic mass is 10.1. The largest absolute Gasteiger partial charge is 0.355 e. The van der Waals surface area contributed by atoms with Crippen LogP contribution in [-0.2, 0) is 17.6 Å². The number of nitrogens with one attached hydrogen (secondary N) is 1. The number of nitrogens with zero attached hydrogens (tertiary/aromatic N) is 4. The maximum atomic E-state index is 13.0. The Morgan fingerprint density at radius 3 is 2.36 bits per heavy atom. The number of pyridine rings is 1. The molecule has 0 bridgehead atoms. The zero-order chi connectivity index (χ0) is 23.0. The molecule has 2 aromatic heterocycles. The first kappa shape index (κ1) is 22.7. The SMILES string of the molecule is CCc1ccc(-n2c(SCC(=O)NCCc3ccc(F)cc3)nnc2-c2ccncc2)cc1. The molecule has 33 heavy (non-hydrogen) atoms. The lowest BCUT2D eigenvalue weighted by molar-refractivity contribution is -0.118. The van der Waals surface area contributed by atoms with E-state index in [4.69, 9.17) is 0 Å². The molecule has 0 spiro atoms. The smallest absolute Gasteiger partial charge is 0.230 e. The Kier molecular flexibility index (Phi) is 7.47. The van der Waals surface area contributed by atoms with Gasteiger partial charge in [0.15, 0.2) is 11.0 Å². The average molecular weight is 462 g/mol. The zero-order valence-corrected chi connectivity index (χ0v) is 19.1. The highest BCUT2D eigenvalue weighted by Gasteiger charge is 2.17. The second kappa shape index (κ2) is 10.9. The van der Waals surface area contributed by atoms with E-state index >= 15 is 0 Å². The van der Waals surface area contributed by atoms with Gasteiger partial charge < -0.3 is 5.32 Å². The number of aromatic nitrogens is 4. The molecule has 0 radical (unpaired) electrons. The van der Waals surface area contributed by atoms with Crippen LogP contribution in [0.1, 0.15) is 18.1 Å². The summed E-state index contributed by atoms with van der Waals surface area (Å²) in [6, 6.07) is 18.3. The van der Waals surface area contributed by atoms with Gasteiger partial charge in [0, 0.05) is 30.2 Å². The molecule has 6 nitrogen and oxygen atoms in total. The van der Waals surface area contributed by atoms with Gasteiger partial charge in [-0.05, 0) is 60.4 Å². The molecule has 1 N–H and O–H groups in total. The number of hydrogen-bond donors (Lipinski definition) is 1. The first-order chi connectivity index (χ1) is 16.1. The van der Waals surface area contributed by atoms with Gasteiger partial charge in [0.2, 0.25) is 5.91 Å². The molecule has 8 heteroatoms. The maximum Gasteiger partial charge on any atom is 0.230 e. The van der Waals surface area contributed by atoms with Crippen molar-refractivity contribution in [2.24, 2.45) is 0 Å². The van der Waals surface area contributed by atoms with Gasteiger partial charge in [-0.2, -0.15) is 0 Å². The van der Waals surface area contributed by atoms with Crippen molar-refractivity contribution in [2.75, 3.05) is 12.3 Å². The number of thioether (sulfide) groups is 1. The Hall–Kier alpha value is -3.52. The van der Waals surface area contributed by atoms with Crippen LogP contribution in [0.3, 0.4) is 0 Å². The van der Waals surface area contributed by atoms with Crippen LogP contribution >= 0.6 is 11.8 Å². The molecular formula is C25H24FN5OS. The first-order valence-corrected chi connectivity index (χ1v) is 11.7. The van der Waals surface area contributed by atoms with Crippen molar-refractivity contribution in [3.63, 3.8) is 0 Å². The molecule has 0 atom stereocenters. The lowest BCUT2D eigenvalue weighted by Crippen LogP contribution is -2.27. The predicted octanol–water partition coefficient (Wildman–Crippen LogP) is 4.48. The van der Waals surface area contributed by atoms with E-state index in [1.54, 1.807) is 24.5 Å². The molecule has 0 aliphatic heterocycles. The summed E-state index contributed by atoms with van der Waals surface area (Å²) in [5.74, 6) is 0.549. The number of halogens is 1. The highest BCUT2D eigenvalue weighted by atomic mass is 32.2. The quantitative estimate of drug-likeness (QED) is 0.372. The van der Waals surface area contributed by atoms with Gasteiger partial charge in [-0.15, -0.1) is 10.2 Å². The van der Waals surface area contributed by atoms with Crippen LogP contribution in [0, 0.1) is 5.82 Å². The fraction of sp³-hybridized carbons (Fsp3) is 0.200. The molecular weight excluding hydrogens is 437 g/mol. The number of benzene rings is 2. The van der Waals surface area contributed by atoms with Crippen LogP contribution in [-0.4, -0.2) is 38.0 Å². The van der Waals surface area contributed by atoms with Crippen molar-refractivity contribution >= 4 is 17.7 Å². The molecule has 4 rings (SSSR count). The van der Waals surface area contributed by atoms with E-state index < -0.39 is 0 Å². The van der Waals surface area contributed by atoms with E-state index in [1.807, 2.05) is 28.8 Å². The summed E-state index contributed by atoms with van der Waals surface area (Å²) < 4.78 is 15.0. The molecule has 0 aliphatic rings. The second-order valence-corrected chi connectivity index (χ2v) is 8.36. The fourth-order valence-electron chi connectivity index (χ4n) is 3.34.